The minimum absolute atomic E-state index is 0.827. The molecule has 258 valence electrons. The lowest BCUT2D eigenvalue weighted by Gasteiger charge is -2.28. The molecule has 11 aromatic rings. The third kappa shape index (κ3) is 5.20. The van der Waals surface area contributed by atoms with E-state index in [-0.39, 0.29) is 0 Å². The Morgan fingerprint density at radius 3 is 1.76 bits per heavy atom. The van der Waals surface area contributed by atoms with Gasteiger partial charge in [-0.15, -0.1) is 0 Å². The van der Waals surface area contributed by atoms with Crippen LogP contribution in [0.4, 0.5) is 17.1 Å². The normalized spacial score (nSPS) is 11.6. The number of anilines is 3. The van der Waals surface area contributed by atoms with Crippen LogP contribution in [-0.2, 0) is 0 Å². The van der Waals surface area contributed by atoms with Crippen molar-refractivity contribution in [2.75, 3.05) is 4.90 Å². The van der Waals surface area contributed by atoms with E-state index >= 15 is 0 Å². The zero-order valence-corrected chi connectivity index (χ0v) is 29.8. The smallest absolute Gasteiger partial charge is 0.147 e. The molecule has 3 heteroatoms. The summed E-state index contributed by atoms with van der Waals surface area (Å²) in [4.78, 5) is 2.38. The van der Waals surface area contributed by atoms with Gasteiger partial charge in [-0.1, -0.05) is 140 Å². The summed E-state index contributed by atoms with van der Waals surface area (Å²) in [7, 11) is 0. The Hall–Kier alpha value is -7.36. The van der Waals surface area contributed by atoms with Gasteiger partial charge in [0.1, 0.15) is 22.3 Å². The lowest BCUT2D eigenvalue weighted by Crippen LogP contribution is -2.10. The predicted octanol–water partition coefficient (Wildman–Crippen LogP) is 15.1. The van der Waals surface area contributed by atoms with E-state index in [9.17, 15) is 0 Å². The van der Waals surface area contributed by atoms with Gasteiger partial charge in [-0.25, -0.2) is 0 Å². The van der Waals surface area contributed by atoms with Crippen molar-refractivity contribution in [3.63, 3.8) is 0 Å². The van der Waals surface area contributed by atoms with Crippen LogP contribution in [0.5, 0.6) is 0 Å². The molecule has 0 atom stereocenters. The molecule has 9 aromatic carbocycles. The van der Waals surface area contributed by atoms with Gasteiger partial charge in [-0.05, 0) is 99.4 Å². The van der Waals surface area contributed by atoms with Crippen LogP contribution >= 0.6 is 0 Å². The van der Waals surface area contributed by atoms with E-state index in [0.717, 1.165) is 72.1 Å². The number of benzene rings is 9. The van der Waals surface area contributed by atoms with Crippen LogP contribution in [0.2, 0.25) is 0 Å². The quantitative estimate of drug-likeness (QED) is 0.173. The molecule has 0 saturated carbocycles. The zero-order chi connectivity index (χ0) is 36.3. The van der Waals surface area contributed by atoms with Gasteiger partial charge in [0.2, 0.25) is 0 Å². The Morgan fingerprint density at radius 1 is 0.309 bits per heavy atom. The van der Waals surface area contributed by atoms with Crippen LogP contribution in [0, 0.1) is 0 Å². The molecule has 3 nitrogen and oxygen atoms in total. The molecule has 0 amide bonds. The van der Waals surface area contributed by atoms with Gasteiger partial charge in [0.15, 0.2) is 0 Å². The molecule has 0 fully saturated rings. The van der Waals surface area contributed by atoms with E-state index in [1.165, 1.54) is 33.0 Å². The molecule has 2 aromatic heterocycles. The summed E-state index contributed by atoms with van der Waals surface area (Å²) >= 11 is 0. The maximum atomic E-state index is 6.46. The average molecular weight is 704 g/mol. The third-order valence-corrected chi connectivity index (χ3v) is 10.9. The van der Waals surface area contributed by atoms with Crippen LogP contribution in [0.15, 0.2) is 209 Å². The first-order chi connectivity index (χ1) is 27.3. The lowest BCUT2D eigenvalue weighted by atomic mass is 9.96. The summed E-state index contributed by atoms with van der Waals surface area (Å²) in [5, 5.41) is 6.69. The van der Waals surface area contributed by atoms with E-state index in [1.807, 2.05) is 12.1 Å². The van der Waals surface area contributed by atoms with Gasteiger partial charge in [-0.2, -0.15) is 0 Å². The zero-order valence-electron chi connectivity index (χ0n) is 29.8. The molecule has 11 rings (SSSR count). The Labute approximate surface area is 317 Å². The van der Waals surface area contributed by atoms with Crippen molar-refractivity contribution in [1.82, 2.24) is 0 Å². The number of fused-ring (bicyclic) bond motifs is 8. The van der Waals surface area contributed by atoms with Crippen molar-refractivity contribution in [2.45, 2.75) is 0 Å². The maximum absolute atomic E-state index is 6.46. The third-order valence-electron chi connectivity index (χ3n) is 10.9. The summed E-state index contributed by atoms with van der Waals surface area (Å²) < 4.78 is 12.8. The Kier molecular flexibility index (Phi) is 7.17. The topological polar surface area (TPSA) is 29.5 Å². The maximum Gasteiger partial charge on any atom is 0.147 e. The highest BCUT2D eigenvalue weighted by Gasteiger charge is 2.20. The Bertz CT molecular complexity index is 3190. The molecule has 0 aliphatic rings. The second-order valence-electron chi connectivity index (χ2n) is 14.1. The molecule has 0 spiro atoms. The number of nitrogens with zero attached hydrogens (tertiary/aromatic N) is 1. The Balaban J connectivity index is 1.03. The van der Waals surface area contributed by atoms with Crippen molar-refractivity contribution in [1.29, 1.82) is 0 Å². The SMILES string of the molecule is c1ccc(-c2cccc(N(c3ccc(-c4ccc5c(c4)oc4ccc6c7ccccc7oc6c45)cc3)c3ccc(-c4ccccc4)c4ccccc34)c2)cc1. The highest BCUT2D eigenvalue weighted by Crippen LogP contribution is 2.44. The second-order valence-corrected chi connectivity index (χ2v) is 14.1. The number of para-hydroxylation sites is 1. The molecule has 2 heterocycles. The average Bonchev–Trinajstić information content (AvgIpc) is 3.83. The van der Waals surface area contributed by atoms with Gasteiger partial charge >= 0.3 is 0 Å². The molecule has 0 radical (unpaired) electrons. The summed E-state index contributed by atoms with van der Waals surface area (Å²) in [6.07, 6.45) is 0. The van der Waals surface area contributed by atoms with E-state index in [2.05, 4.69) is 193 Å². The summed E-state index contributed by atoms with van der Waals surface area (Å²) in [6.45, 7) is 0. The molecular formula is C52H33NO2. The van der Waals surface area contributed by atoms with Gasteiger partial charge < -0.3 is 13.7 Å². The number of hydrogen-bond acceptors (Lipinski definition) is 3. The highest BCUT2D eigenvalue weighted by atomic mass is 16.3. The molecule has 0 aliphatic heterocycles. The standard InChI is InChI=1S/C52H33NO2/c1-3-12-34(13-4-1)37-16-11-17-40(32-37)53(47-30-28-41(36-14-5-2-6-15-36)42-18-7-8-19-43(42)47)39-25-22-35(23-26-39)38-24-27-46-50(33-38)54-49-31-29-45-44-20-9-10-21-48(44)55-52(45)51(46)49/h1-33H. The predicted molar refractivity (Wildman–Crippen MR) is 229 cm³/mol. The van der Waals surface area contributed by atoms with Crippen LogP contribution in [-0.4, -0.2) is 0 Å². The van der Waals surface area contributed by atoms with Gasteiger partial charge in [0.05, 0.1) is 11.1 Å². The van der Waals surface area contributed by atoms with Gasteiger partial charge in [0, 0.05) is 32.9 Å². The van der Waals surface area contributed by atoms with Gasteiger partial charge in [0.25, 0.3) is 0 Å². The molecule has 0 N–H and O–H groups in total. The van der Waals surface area contributed by atoms with Crippen LogP contribution in [0.3, 0.4) is 0 Å². The molecule has 0 unspecified atom stereocenters. The molecule has 0 bridgehead atoms. The molecule has 55 heavy (non-hydrogen) atoms. The van der Waals surface area contributed by atoms with E-state index in [0.29, 0.717) is 0 Å². The second kappa shape index (κ2) is 12.6. The van der Waals surface area contributed by atoms with Crippen molar-refractivity contribution in [3.8, 4) is 33.4 Å². The van der Waals surface area contributed by atoms with Crippen LogP contribution in [0.1, 0.15) is 0 Å². The van der Waals surface area contributed by atoms with Crippen molar-refractivity contribution >= 4 is 71.7 Å². The number of rotatable bonds is 6. The first-order valence-electron chi connectivity index (χ1n) is 18.7. The van der Waals surface area contributed by atoms with Crippen molar-refractivity contribution in [2.24, 2.45) is 0 Å². The number of furan rings is 2. The number of hydrogen-bond donors (Lipinski definition) is 0. The van der Waals surface area contributed by atoms with E-state index < -0.39 is 0 Å². The minimum Gasteiger partial charge on any atom is -0.456 e. The fraction of sp³-hybridized carbons (Fsp3) is 0. The summed E-state index contributed by atoms with van der Waals surface area (Å²) in [6, 6.07) is 71.1. The summed E-state index contributed by atoms with van der Waals surface area (Å²) in [5.41, 5.74) is 13.7. The fourth-order valence-corrected chi connectivity index (χ4v) is 8.26. The summed E-state index contributed by atoms with van der Waals surface area (Å²) in [5.74, 6) is 0. The Morgan fingerprint density at radius 2 is 0.945 bits per heavy atom. The molecular weight excluding hydrogens is 671 g/mol. The molecule has 0 saturated heterocycles. The van der Waals surface area contributed by atoms with Crippen LogP contribution in [0.25, 0.3) is 88.0 Å². The fourth-order valence-electron chi connectivity index (χ4n) is 8.26. The minimum atomic E-state index is 0.827. The largest absolute Gasteiger partial charge is 0.456 e. The molecule has 0 aliphatic carbocycles. The highest BCUT2D eigenvalue weighted by molar-refractivity contribution is 6.22. The van der Waals surface area contributed by atoms with E-state index in [4.69, 9.17) is 8.83 Å². The first-order valence-corrected chi connectivity index (χ1v) is 18.7. The van der Waals surface area contributed by atoms with Crippen molar-refractivity contribution < 1.29 is 8.83 Å². The van der Waals surface area contributed by atoms with Gasteiger partial charge in [-0.3, -0.25) is 0 Å². The van der Waals surface area contributed by atoms with Crippen LogP contribution < -0.4 is 4.90 Å². The van der Waals surface area contributed by atoms with Crippen molar-refractivity contribution in [3.05, 3.63) is 200 Å². The lowest BCUT2D eigenvalue weighted by molar-refractivity contribution is 0.663. The first kappa shape index (κ1) is 31.2. The van der Waals surface area contributed by atoms with E-state index in [1.54, 1.807) is 0 Å². The monoisotopic (exact) mass is 703 g/mol.